The summed E-state index contributed by atoms with van der Waals surface area (Å²) in [6, 6.07) is 0. The molecule has 0 radical (unpaired) electrons. The molecule has 2 unspecified atom stereocenters. The molecule has 0 aromatic carbocycles. The Hall–Kier alpha value is -1.06. The lowest BCUT2D eigenvalue weighted by molar-refractivity contribution is -0.127. The fourth-order valence-electron chi connectivity index (χ4n) is 1.81. The maximum atomic E-state index is 11.2. The van der Waals surface area contributed by atoms with Gasteiger partial charge in [-0.1, -0.05) is 0 Å². The Morgan fingerprint density at radius 1 is 1.82 bits per heavy atom. The van der Waals surface area contributed by atoms with Gasteiger partial charge in [-0.2, -0.15) is 0 Å². The average Bonchev–Trinajstić information content (AvgIpc) is 2.55. The smallest absolute Gasteiger partial charge is 0.245 e. The molecule has 4 heteroatoms. The van der Waals surface area contributed by atoms with Crippen molar-refractivity contribution in [1.82, 2.24) is 10.6 Å². The third-order valence-electron chi connectivity index (χ3n) is 2.53. The van der Waals surface area contributed by atoms with E-state index in [1.54, 1.807) is 7.05 Å². The first-order chi connectivity index (χ1) is 5.19. The summed E-state index contributed by atoms with van der Waals surface area (Å²) in [6.45, 7) is 0. The lowest BCUT2D eigenvalue weighted by Crippen LogP contribution is -2.45. The highest BCUT2D eigenvalue weighted by Gasteiger charge is 2.65. The van der Waals surface area contributed by atoms with E-state index in [9.17, 15) is 9.59 Å². The van der Waals surface area contributed by atoms with E-state index in [2.05, 4.69) is 10.6 Å². The minimum atomic E-state index is -0.508. The van der Waals surface area contributed by atoms with Crippen LogP contribution in [-0.4, -0.2) is 24.4 Å². The van der Waals surface area contributed by atoms with Gasteiger partial charge in [-0.05, 0) is 6.42 Å². The number of nitrogens with one attached hydrogen (secondary N) is 2. The number of rotatable bonds is 1. The summed E-state index contributed by atoms with van der Waals surface area (Å²) in [5.41, 5.74) is -0.508. The molecule has 2 rings (SSSR count). The molecule has 1 saturated heterocycles. The van der Waals surface area contributed by atoms with Crippen LogP contribution < -0.4 is 10.6 Å². The molecule has 1 heterocycles. The van der Waals surface area contributed by atoms with E-state index in [4.69, 9.17) is 0 Å². The second-order valence-corrected chi connectivity index (χ2v) is 3.20. The van der Waals surface area contributed by atoms with Crippen molar-refractivity contribution >= 4 is 11.8 Å². The second kappa shape index (κ2) is 1.75. The maximum absolute atomic E-state index is 11.2. The number of hydrogen-bond acceptors (Lipinski definition) is 2. The lowest BCUT2D eigenvalue weighted by atomic mass is 10.2. The standard InChI is InChI=1S/C7H10N2O2/c1-8-6(11)7-3-4(7)2-5(10)9-7/h4H,2-3H2,1H3,(H,8,11)(H,9,10). The van der Waals surface area contributed by atoms with Gasteiger partial charge in [0, 0.05) is 19.4 Å². The monoisotopic (exact) mass is 154 g/mol. The van der Waals surface area contributed by atoms with E-state index < -0.39 is 5.54 Å². The van der Waals surface area contributed by atoms with E-state index in [0.29, 0.717) is 6.42 Å². The Kier molecular flexibility index (Phi) is 1.06. The van der Waals surface area contributed by atoms with Crippen molar-refractivity contribution in [2.75, 3.05) is 7.05 Å². The van der Waals surface area contributed by atoms with Gasteiger partial charge < -0.3 is 10.6 Å². The highest BCUT2D eigenvalue weighted by molar-refractivity contribution is 5.98. The molecule has 60 valence electrons. The van der Waals surface area contributed by atoms with Gasteiger partial charge in [0.1, 0.15) is 5.54 Å². The predicted molar refractivity (Wildman–Crippen MR) is 37.7 cm³/mol. The van der Waals surface area contributed by atoms with Gasteiger partial charge in [0.25, 0.3) is 0 Å². The Morgan fingerprint density at radius 3 is 3.00 bits per heavy atom. The van der Waals surface area contributed by atoms with Crippen LogP contribution in [0, 0.1) is 5.92 Å². The van der Waals surface area contributed by atoms with E-state index >= 15 is 0 Å². The molecule has 2 atom stereocenters. The van der Waals surface area contributed by atoms with Gasteiger partial charge in [0.2, 0.25) is 11.8 Å². The molecular formula is C7H10N2O2. The summed E-state index contributed by atoms with van der Waals surface area (Å²) in [5, 5.41) is 5.26. The van der Waals surface area contributed by atoms with E-state index in [1.807, 2.05) is 0 Å². The number of fused-ring (bicyclic) bond motifs is 1. The maximum Gasteiger partial charge on any atom is 0.245 e. The zero-order chi connectivity index (χ0) is 8.06. The van der Waals surface area contributed by atoms with E-state index in [1.165, 1.54) is 0 Å². The Bertz CT molecular complexity index is 239. The third kappa shape index (κ3) is 0.692. The first-order valence-corrected chi connectivity index (χ1v) is 3.72. The number of carbonyl (C=O) groups excluding carboxylic acids is 2. The van der Waals surface area contributed by atoms with Gasteiger partial charge >= 0.3 is 0 Å². The van der Waals surface area contributed by atoms with E-state index in [0.717, 1.165) is 6.42 Å². The summed E-state index contributed by atoms with van der Waals surface area (Å²) in [6.07, 6.45) is 1.34. The first kappa shape index (κ1) is 6.64. The molecule has 2 fully saturated rings. The number of carbonyl (C=O) groups is 2. The Morgan fingerprint density at radius 2 is 2.55 bits per heavy atom. The quantitative estimate of drug-likeness (QED) is 0.509. The molecule has 1 aliphatic heterocycles. The van der Waals surface area contributed by atoms with Crippen molar-refractivity contribution < 1.29 is 9.59 Å². The van der Waals surface area contributed by atoms with Crippen LogP contribution in [0.3, 0.4) is 0 Å². The van der Waals surface area contributed by atoms with Gasteiger partial charge in [0.15, 0.2) is 0 Å². The molecule has 0 spiro atoms. The zero-order valence-corrected chi connectivity index (χ0v) is 6.31. The fraction of sp³-hybridized carbons (Fsp3) is 0.714. The Labute approximate surface area is 64.3 Å². The summed E-state index contributed by atoms with van der Waals surface area (Å²) < 4.78 is 0. The van der Waals surface area contributed by atoms with Crippen molar-refractivity contribution in [1.29, 1.82) is 0 Å². The van der Waals surface area contributed by atoms with Crippen molar-refractivity contribution in [3.8, 4) is 0 Å². The van der Waals surface area contributed by atoms with Crippen LogP contribution in [0.15, 0.2) is 0 Å². The molecule has 1 saturated carbocycles. The molecule has 2 amide bonds. The van der Waals surface area contributed by atoms with Crippen LogP contribution in [0.5, 0.6) is 0 Å². The minimum absolute atomic E-state index is 0.00449. The number of hydrogen-bond donors (Lipinski definition) is 2. The SMILES string of the molecule is CNC(=O)C12CC1CC(=O)N2. The summed E-state index contributed by atoms with van der Waals surface area (Å²) in [7, 11) is 1.59. The first-order valence-electron chi connectivity index (χ1n) is 3.72. The van der Waals surface area contributed by atoms with Crippen molar-refractivity contribution in [2.24, 2.45) is 5.92 Å². The van der Waals surface area contributed by atoms with Crippen LogP contribution >= 0.6 is 0 Å². The fourth-order valence-corrected chi connectivity index (χ4v) is 1.81. The topological polar surface area (TPSA) is 58.2 Å². The normalized spacial score (nSPS) is 39.4. The summed E-state index contributed by atoms with van der Waals surface area (Å²) >= 11 is 0. The minimum Gasteiger partial charge on any atom is -0.357 e. The van der Waals surface area contributed by atoms with Crippen molar-refractivity contribution in [2.45, 2.75) is 18.4 Å². The molecule has 0 aromatic heterocycles. The van der Waals surface area contributed by atoms with Crippen molar-refractivity contribution in [3.05, 3.63) is 0 Å². The van der Waals surface area contributed by atoms with Gasteiger partial charge in [-0.25, -0.2) is 0 Å². The zero-order valence-electron chi connectivity index (χ0n) is 6.31. The number of amides is 2. The molecular weight excluding hydrogens is 144 g/mol. The molecule has 1 aliphatic carbocycles. The van der Waals surface area contributed by atoms with Crippen LogP contribution in [0.2, 0.25) is 0 Å². The highest BCUT2D eigenvalue weighted by atomic mass is 16.2. The van der Waals surface area contributed by atoms with Gasteiger partial charge in [-0.15, -0.1) is 0 Å². The largest absolute Gasteiger partial charge is 0.357 e. The van der Waals surface area contributed by atoms with Gasteiger partial charge in [-0.3, -0.25) is 9.59 Å². The summed E-state index contributed by atoms with van der Waals surface area (Å²) in [5.74, 6) is 0.216. The number of likely N-dealkylation sites (N-methyl/N-ethyl adjacent to an activating group) is 1. The third-order valence-corrected chi connectivity index (χ3v) is 2.53. The van der Waals surface area contributed by atoms with Crippen LogP contribution in [0.4, 0.5) is 0 Å². The molecule has 2 N–H and O–H groups in total. The Balaban J connectivity index is 2.15. The molecule has 4 nitrogen and oxygen atoms in total. The van der Waals surface area contributed by atoms with Gasteiger partial charge in [0.05, 0.1) is 0 Å². The average molecular weight is 154 g/mol. The second-order valence-electron chi connectivity index (χ2n) is 3.20. The molecule has 11 heavy (non-hydrogen) atoms. The van der Waals surface area contributed by atoms with Crippen LogP contribution in [-0.2, 0) is 9.59 Å². The molecule has 2 aliphatic rings. The van der Waals surface area contributed by atoms with Crippen LogP contribution in [0.1, 0.15) is 12.8 Å². The molecule has 0 bridgehead atoms. The molecule has 0 aromatic rings. The van der Waals surface area contributed by atoms with Crippen LogP contribution in [0.25, 0.3) is 0 Å². The highest BCUT2D eigenvalue weighted by Crippen LogP contribution is 2.50. The van der Waals surface area contributed by atoms with Crippen molar-refractivity contribution in [3.63, 3.8) is 0 Å². The predicted octanol–water partition coefficient (Wildman–Crippen LogP) is -0.989. The summed E-state index contributed by atoms with van der Waals surface area (Å²) in [4.78, 5) is 22.0. The lowest BCUT2D eigenvalue weighted by Gasteiger charge is -2.10. The van der Waals surface area contributed by atoms with E-state index in [-0.39, 0.29) is 17.7 Å². The number of piperidine rings is 1.